The van der Waals surface area contributed by atoms with Gasteiger partial charge in [0.05, 0.1) is 24.0 Å². The van der Waals surface area contributed by atoms with Crippen LogP contribution in [0.5, 0.6) is 0 Å². The zero-order chi connectivity index (χ0) is 24.5. The number of hydrogen-bond donors (Lipinski definition) is 1. The third-order valence-corrected chi connectivity index (χ3v) is 5.37. The molecule has 34 heavy (non-hydrogen) atoms. The fraction of sp³-hybridized carbons (Fsp3) is 0.348. The second kappa shape index (κ2) is 9.41. The van der Waals surface area contributed by atoms with E-state index in [-0.39, 0.29) is 18.8 Å². The maximum absolute atomic E-state index is 14.1. The first-order valence-electron chi connectivity index (χ1n) is 10.7. The zero-order valence-corrected chi connectivity index (χ0v) is 18.5. The van der Waals surface area contributed by atoms with Crippen LogP contribution in [0.3, 0.4) is 0 Å². The minimum atomic E-state index is -4.93. The van der Waals surface area contributed by atoms with Crippen LogP contribution in [0.15, 0.2) is 48.8 Å². The highest BCUT2D eigenvalue weighted by atomic mass is 19.4. The number of benzene rings is 1. The molecular weight excluding hydrogens is 454 g/mol. The van der Waals surface area contributed by atoms with Gasteiger partial charge in [0.2, 0.25) is 0 Å². The standard InChI is InChI=1S/C23H23F4N5O2/c1-14-12-31(13-15(2)34-14)20-8-7-16(9-28-20)10-29-22(33)17-11-30-32(21(17)23(25,26)27)19-6-4-3-5-18(19)24/h3-9,11,14-15H,10,12-13H2,1-2H3,(H,29,33). The predicted octanol–water partition coefficient (Wildman–Crippen LogP) is 3.97. The quantitative estimate of drug-likeness (QED) is 0.563. The van der Waals surface area contributed by atoms with E-state index in [1.165, 1.54) is 12.1 Å². The molecule has 1 aromatic carbocycles. The van der Waals surface area contributed by atoms with Crippen molar-refractivity contribution in [3.8, 4) is 5.69 Å². The minimum absolute atomic E-state index is 0.0375. The van der Waals surface area contributed by atoms with Crippen LogP contribution in [-0.2, 0) is 17.5 Å². The molecule has 0 aliphatic carbocycles. The number of anilines is 1. The molecule has 0 bridgehead atoms. The first kappa shape index (κ1) is 23.7. The third kappa shape index (κ3) is 5.04. The summed E-state index contributed by atoms with van der Waals surface area (Å²) in [6, 6.07) is 8.45. The van der Waals surface area contributed by atoms with E-state index in [1.54, 1.807) is 18.3 Å². The number of hydrogen-bond acceptors (Lipinski definition) is 5. The van der Waals surface area contributed by atoms with E-state index < -0.39 is 34.8 Å². The molecule has 0 saturated carbocycles. The Balaban J connectivity index is 1.49. The first-order chi connectivity index (χ1) is 16.1. The number of amides is 1. The average molecular weight is 477 g/mol. The van der Waals surface area contributed by atoms with Crippen LogP contribution >= 0.6 is 0 Å². The van der Waals surface area contributed by atoms with Crippen LogP contribution in [0.25, 0.3) is 5.69 Å². The number of aromatic nitrogens is 3. The molecule has 7 nitrogen and oxygen atoms in total. The van der Waals surface area contributed by atoms with E-state index in [1.807, 2.05) is 13.8 Å². The number of alkyl halides is 3. The molecule has 1 N–H and O–H groups in total. The van der Waals surface area contributed by atoms with Gasteiger partial charge in [-0.25, -0.2) is 14.1 Å². The second-order valence-corrected chi connectivity index (χ2v) is 8.14. The summed E-state index contributed by atoms with van der Waals surface area (Å²) in [5.74, 6) is -1.12. The van der Waals surface area contributed by atoms with Crippen LogP contribution in [0.2, 0.25) is 0 Å². The van der Waals surface area contributed by atoms with Crippen molar-refractivity contribution in [2.45, 2.75) is 38.8 Å². The van der Waals surface area contributed by atoms with Crippen LogP contribution in [0, 0.1) is 5.82 Å². The van der Waals surface area contributed by atoms with Crippen molar-refractivity contribution in [2.75, 3.05) is 18.0 Å². The molecule has 0 radical (unpaired) electrons. The lowest BCUT2D eigenvalue weighted by molar-refractivity contribution is -0.143. The van der Waals surface area contributed by atoms with Crippen LogP contribution in [0.1, 0.15) is 35.5 Å². The van der Waals surface area contributed by atoms with E-state index in [2.05, 4.69) is 20.3 Å². The van der Waals surface area contributed by atoms with E-state index >= 15 is 0 Å². The molecule has 3 heterocycles. The summed E-state index contributed by atoms with van der Waals surface area (Å²) in [5, 5.41) is 6.09. The van der Waals surface area contributed by atoms with E-state index in [0.29, 0.717) is 23.3 Å². The Morgan fingerprint density at radius 1 is 1.12 bits per heavy atom. The van der Waals surface area contributed by atoms with Gasteiger partial charge in [0.25, 0.3) is 5.91 Å². The number of halogens is 4. The van der Waals surface area contributed by atoms with E-state index in [4.69, 9.17) is 4.74 Å². The molecule has 1 aliphatic rings. The molecule has 1 saturated heterocycles. The summed E-state index contributed by atoms with van der Waals surface area (Å²) in [6.07, 6.45) is -2.45. The van der Waals surface area contributed by atoms with Gasteiger partial charge in [-0.15, -0.1) is 0 Å². The van der Waals surface area contributed by atoms with Gasteiger partial charge in [-0.1, -0.05) is 18.2 Å². The van der Waals surface area contributed by atoms with Crippen molar-refractivity contribution in [3.05, 3.63) is 71.4 Å². The fourth-order valence-electron chi connectivity index (χ4n) is 3.94. The molecule has 3 aromatic rings. The molecule has 2 unspecified atom stereocenters. The van der Waals surface area contributed by atoms with Gasteiger partial charge < -0.3 is 15.0 Å². The summed E-state index contributed by atoms with van der Waals surface area (Å²) in [4.78, 5) is 19.1. The highest BCUT2D eigenvalue weighted by Crippen LogP contribution is 2.34. The molecule has 180 valence electrons. The van der Waals surface area contributed by atoms with Crippen LogP contribution < -0.4 is 10.2 Å². The van der Waals surface area contributed by atoms with Gasteiger partial charge in [-0.05, 0) is 37.6 Å². The van der Waals surface area contributed by atoms with Gasteiger partial charge in [-0.3, -0.25) is 4.79 Å². The molecule has 4 rings (SSSR count). The number of rotatable bonds is 5. The number of morpholine rings is 1. The fourth-order valence-corrected chi connectivity index (χ4v) is 3.94. The molecule has 1 amide bonds. The summed E-state index contributed by atoms with van der Waals surface area (Å²) in [6.45, 7) is 5.32. The number of para-hydroxylation sites is 1. The van der Waals surface area contributed by atoms with Gasteiger partial charge >= 0.3 is 6.18 Å². The van der Waals surface area contributed by atoms with Crippen LogP contribution in [-0.4, -0.2) is 46.0 Å². The van der Waals surface area contributed by atoms with Gasteiger partial charge in [0.15, 0.2) is 5.69 Å². The highest BCUT2D eigenvalue weighted by molar-refractivity contribution is 5.95. The zero-order valence-electron chi connectivity index (χ0n) is 18.5. The van der Waals surface area contributed by atoms with Crippen LogP contribution in [0.4, 0.5) is 23.4 Å². The van der Waals surface area contributed by atoms with Crippen molar-refractivity contribution in [3.63, 3.8) is 0 Å². The molecular formula is C23H23F4N5O2. The molecule has 2 atom stereocenters. The maximum atomic E-state index is 14.1. The number of carbonyl (C=O) groups excluding carboxylic acids is 1. The van der Waals surface area contributed by atoms with Gasteiger partial charge in [0.1, 0.15) is 17.3 Å². The molecule has 2 aromatic heterocycles. The summed E-state index contributed by atoms with van der Waals surface area (Å²) < 4.78 is 61.5. The third-order valence-electron chi connectivity index (χ3n) is 5.37. The molecule has 1 aliphatic heterocycles. The molecule has 1 fully saturated rings. The Labute approximate surface area is 193 Å². The lowest BCUT2D eigenvalue weighted by Crippen LogP contribution is -2.45. The number of carbonyl (C=O) groups is 1. The second-order valence-electron chi connectivity index (χ2n) is 8.14. The summed E-state index contributed by atoms with van der Waals surface area (Å²) >= 11 is 0. The van der Waals surface area contributed by atoms with Gasteiger partial charge in [-0.2, -0.15) is 18.3 Å². The monoisotopic (exact) mass is 477 g/mol. The normalized spacial score (nSPS) is 18.7. The largest absolute Gasteiger partial charge is 0.434 e. The predicted molar refractivity (Wildman–Crippen MR) is 116 cm³/mol. The van der Waals surface area contributed by atoms with Crippen molar-refractivity contribution >= 4 is 11.7 Å². The minimum Gasteiger partial charge on any atom is -0.372 e. The number of nitrogens with zero attached hydrogens (tertiary/aromatic N) is 4. The van der Waals surface area contributed by atoms with E-state index in [9.17, 15) is 22.4 Å². The molecule has 11 heteroatoms. The SMILES string of the molecule is CC1CN(c2ccc(CNC(=O)c3cnn(-c4ccccc4F)c3C(F)(F)F)cn2)CC(C)O1. The van der Waals surface area contributed by atoms with Crippen molar-refractivity contribution in [1.82, 2.24) is 20.1 Å². The lowest BCUT2D eigenvalue weighted by atomic mass is 10.2. The smallest absolute Gasteiger partial charge is 0.372 e. The Morgan fingerprint density at radius 2 is 1.82 bits per heavy atom. The van der Waals surface area contributed by atoms with Crippen molar-refractivity contribution in [2.24, 2.45) is 0 Å². The number of ether oxygens (including phenoxy) is 1. The lowest BCUT2D eigenvalue weighted by Gasteiger charge is -2.36. The Kier molecular flexibility index (Phi) is 6.56. The Morgan fingerprint density at radius 3 is 2.44 bits per heavy atom. The van der Waals surface area contributed by atoms with Crippen molar-refractivity contribution < 1.29 is 27.1 Å². The van der Waals surface area contributed by atoms with Gasteiger partial charge in [0, 0.05) is 25.8 Å². The number of pyridine rings is 1. The maximum Gasteiger partial charge on any atom is 0.434 e. The average Bonchev–Trinajstić information content (AvgIpc) is 3.23. The first-order valence-corrected chi connectivity index (χ1v) is 10.7. The van der Waals surface area contributed by atoms with Crippen molar-refractivity contribution in [1.29, 1.82) is 0 Å². The topological polar surface area (TPSA) is 72.3 Å². The highest BCUT2D eigenvalue weighted by Gasteiger charge is 2.41. The Bertz CT molecular complexity index is 1150. The summed E-state index contributed by atoms with van der Waals surface area (Å²) in [5.41, 5.74) is -1.84. The number of nitrogens with one attached hydrogen (secondary N) is 1. The Hall–Kier alpha value is -3.47. The molecule has 0 spiro atoms. The van der Waals surface area contributed by atoms with E-state index in [0.717, 1.165) is 24.1 Å². The summed E-state index contributed by atoms with van der Waals surface area (Å²) in [7, 11) is 0.